The van der Waals surface area contributed by atoms with Crippen molar-refractivity contribution >= 4 is 34.1 Å². The summed E-state index contributed by atoms with van der Waals surface area (Å²) in [6.07, 6.45) is 2.65. The third-order valence-electron chi connectivity index (χ3n) is 6.54. The van der Waals surface area contributed by atoms with Crippen LogP contribution in [0.5, 0.6) is 0 Å². The number of hydrogen-bond acceptors (Lipinski definition) is 3. The standard InChI is InChI=1S/C32H24FN3/c33-27-18-16-24(17-19-27)32-21-31(35-36(32)29-13-2-1-3-14-29)25-10-7-12-28(20-25)34-22-26-11-6-9-23-8-4-5-15-30(23)26/h1-20,22,32H,21H2. The Balaban J connectivity index is 1.32. The molecule has 0 amide bonds. The minimum Gasteiger partial charge on any atom is -0.257 e. The van der Waals surface area contributed by atoms with Gasteiger partial charge in [0.05, 0.1) is 23.1 Å². The number of anilines is 1. The zero-order valence-electron chi connectivity index (χ0n) is 19.6. The number of hydrogen-bond donors (Lipinski definition) is 0. The van der Waals surface area contributed by atoms with Crippen LogP contribution in [0.25, 0.3) is 10.8 Å². The Morgan fingerprint density at radius 2 is 1.53 bits per heavy atom. The lowest BCUT2D eigenvalue weighted by Crippen LogP contribution is -2.18. The molecule has 0 spiro atoms. The second-order valence-corrected chi connectivity index (χ2v) is 8.88. The summed E-state index contributed by atoms with van der Waals surface area (Å²) in [5, 5.41) is 9.43. The lowest BCUT2D eigenvalue weighted by atomic mass is 9.98. The summed E-state index contributed by atoms with van der Waals surface area (Å²) in [5.74, 6) is -0.235. The zero-order valence-corrected chi connectivity index (χ0v) is 19.6. The highest BCUT2D eigenvalue weighted by atomic mass is 19.1. The molecule has 5 aromatic rings. The molecule has 4 heteroatoms. The van der Waals surface area contributed by atoms with Crippen molar-refractivity contribution in [2.45, 2.75) is 12.5 Å². The van der Waals surface area contributed by atoms with Gasteiger partial charge in [-0.1, -0.05) is 84.9 Å². The van der Waals surface area contributed by atoms with E-state index in [0.29, 0.717) is 0 Å². The highest BCUT2D eigenvalue weighted by Crippen LogP contribution is 2.37. The fourth-order valence-corrected chi connectivity index (χ4v) is 4.72. The molecule has 5 aromatic carbocycles. The van der Waals surface area contributed by atoms with Crippen LogP contribution in [0.3, 0.4) is 0 Å². The predicted octanol–water partition coefficient (Wildman–Crippen LogP) is 8.09. The summed E-state index contributed by atoms with van der Waals surface area (Å²) in [6, 6.07) is 39.6. The van der Waals surface area contributed by atoms with E-state index in [1.165, 1.54) is 22.9 Å². The lowest BCUT2D eigenvalue weighted by molar-refractivity contribution is 0.624. The van der Waals surface area contributed by atoms with Crippen molar-refractivity contribution in [1.29, 1.82) is 0 Å². The maximum absolute atomic E-state index is 13.6. The molecule has 0 saturated carbocycles. The second kappa shape index (κ2) is 9.59. The topological polar surface area (TPSA) is 28.0 Å². The first-order valence-electron chi connectivity index (χ1n) is 12.0. The van der Waals surface area contributed by atoms with Gasteiger partial charge in [-0.05, 0) is 58.3 Å². The maximum atomic E-state index is 13.6. The maximum Gasteiger partial charge on any atom is 0.123 e. The van der Waals surface area contributed by atoms with Crippen molar-refractivity contribution in [3.8, 4) is 0 Å². The molecule has 1 aliphatic heterocycles. The van der Waals surface area contributed by atoms with Crippen LogP contribution in [0.1, 0.15) is 29.2 Å². The van der Waals surface area contributed by atoms with Crippen LogP contribution in [0.4, 0.5) is 15.8 Å². The SMILES string of the molecule is Fc1ccc(C2CC(c3cccc(N=Cc4cccc5ccccc45)c3)=NN2c2ccccc2)cc1. The lowest BCUT2D eigenvalue weighted by Gasteiger charge is -2.23. The second-order valence-electron chi connectivity index (χ2n) is 8.88. The molecule has 1 unspecified atom stereocenters. The average Bonchev–Trinajstić information content (AvgIpc) is 3.39. The van der Waals surface area contributed by atoms with E-state index in [4.69, 9.17) is 10.1 Å². The highest BCUT2D eigenvalue weighted by molar-refractivity contribution is 6.04. The normalized spacial score (nSPS) is 15.5. The van der Waals surface area contributed by atoms with Gasteiger partial charge in [-0.25, -0.2) is 4.39 Å². The van der Waals surface area contributed by atoms with Crippen LogP contribution in [0, 0.1) is 5.82 Å². The molecule has 1 aliphatic rings. The van der Waals surface area contributed by atoms with Crippen LogP contribution in [-0.2, 0) is 0 Å². The molecule has 0 saturated heterocycles. The monoisotopic (exact) mass is 469 g/mol. The van der Waals surface area contributed by atoms with Crippen LogP contribution >= 0.6 is 0 Å². The quantitative estimate of drug-likeness (QED) is 0.239. The smallest absolute Gasteiger partial charge is 0.123 e. The van der Waals surface area contributed by atoms with Crippen molar-refractivity contribution in [1.82, 2.24) is 0 Å². The molecule has 0 aromatic heterocycles. The molecule has 0 fully saturated rings. The van der Waals surface area contributed by atoms with Gasteiger partial charge >= 0.3 is 0 Å². The van der Waals surface area contributed by atoms with Gasteiger partial charge in [0.1, 0.15) is 5.82 Å². The van der Waals surface area contributed by atoms with Crippen LogP contribution in [0.15, 0.2) is 131 Å². The molecule has 1 atom stereocenters. The van der Waals surface area contributed by atoms with E-state index in [-0.39, 0.29) is 11.9 Å². The van der Waals surface area contributed by atoms with E-state index < -0.39 is 0 Å². The van der Waals surface area contributed by atoms with Gasteiger partial charge < -0.3 is 0 Å². The molecule has 3 nitrogen and oxygen atoms in total. The van der Waals surface area contributed by atoms with Crippen LogP contribution in [0.2, 0.25) is 0 Å². The summed E-state index contributed by atoms with van der Waals surface area (Å²) < 4.78 is 13.6. The fourth-order valence-electron chi connectivity index (χ4n) is 4.72. The van der Waals surface area contributed by atoms with Gasteiger partial charge in [-0.2, -0.15) is 5.10 Å². The Hall–Kier alpha value is -4.57. The van der Waals surface area contributed by atoms with E-state index in [9.17, 15) is 4.39 Å². The number of fused-ring (bicyclic) bond motifs is 1. The number of para-hydroxylation sites is 1. The van der Waals surface area contributed by atoms with Crippen LogP contribution in [-0.4, -0.2) is 11.9 Å². The summed E-state index contributed by atoms with van der Waals surface area (Å²) in [4.78, 5) is 4.79. The van der Waals surface area contributed by atoms with Gasteiger partial charge in [0, 0.05) is 18.2 Å². The Bertz CT molecular complexity index is 1570. The van der Waals surface area contributed by atoms with Gasteiger partial charge in [-0.15, -0.1) is 0 Å². The molecule has 1 heterocycles. The van der Waals surface area contributed by atoms with E-state index in [1.54, 1.807) is 0 Å². The third-order valence-corrected chi connectivity index (χ3v) is 6.54. The molecule has 0 N–H and O–H groups in total. The predicted molar refractivity (Wildman–Crippen MR) is 147 cm³/mol. The summed E-state index contributed by atoms with van der Waals surface area (Å²) in [5.41, 5.74) is 6.02. The summed E-state index contributed by atoms with van der Waals surface area (Å²) in [6.45, 7) is 0. The average molecular weight is 470 g/mol. The third kappa shape index (κ3) is 4.41. The molecular formula is C32H24FN3. The van der Waals surface area contributed by atoms with Crippen molar-refractivity contribution in [3.63, 3.8) is 0 Å². The Morgan fingerprint density at radius 1 is 0.778 bits per heavy atom. The van der Waals surface area contributed by atoms with E-state index >= 15 is 0 Å². The van der Waals surface area contributed by atoms with Crippen molar-refractivity contribution < 1.29 is 4.39 Å². The largest absolute Gasteiger partial charge is 0.257 e. The molecule has 174 valence electrons. The minimum absolute atomic E-state index is 0.00848. The molecule has 0 radical (unpaired) electrons. The number of aliphatic imine (C=N–C) groups is 1. The molecular weight excluding hydrogens is 445 g/mol. The molecule has 0 bridgehead atoms. The highest BCUT2D eigenvalue weighted by Gasteiger charge is 2.30. The van der Waals surface area contributed by atoms with E-state index in [0.717, 1.165) is 40.2 Å². The first kappa shape index (κ1) is 21.9. The van der Waals surface area contributed by atoms with Crippen LogP contribution < -0.4 is 5.01 Å². The number of halogens is 1. The number of nitrogens with zero attached hydrogens (tertiary/aromatic N) is 3. The Labute approximate surface area is 209 Å². The summed E-state index contributed by atoms with van der Waals surface area (Å²) >= 11 is 0. The van der Waals surface area contributed by atoms with Crippen molar-refractivity contribution in [2.75, 3.05) is 5.01 Å². The van der Waals surface area contributed by atoms with Gasteiger partial charge in [-0.3, -0.25) is 10.0 Å². The van der Waals surface area contributed by atoms with Crippen molar-refractivity contribution in [3.05, 3.63) is 144 Å². The summed E-state index contributed by atoms with van der Waals surface area (Å²) in [7, 11) is 0. The van der Waals surface area contributed by atoms with Crippen molar-refractivity contribution in [2.24, 2.45) is 10.1 Å². The molecule has 36 heavy (non-hydrogen) atoms. The van der Waals surface area contributed by atoms with E-state index in [1.807, 2.05) is 71.9 Å². The van der Waals surface area contributed by atoms with Gasteiger partial charge in [0.2, 0.25) is 0 Å². The minimum atomic E-state index is -0.235. The van der Waals surface area contributed by atoms with E-state index in [2.05, 4.69) is 48.5 Å². The molecule has 0 aliphatic carbocycles. The first-order chi connectivity index (χ1) is 17.7. The van der Waals surface area contributed by atoms with Gasteiger partial charge in [0.15, 0.2) is 0 Å². The number of rotatable bonds is 5. The Morgan fingerprint density at radius 3 is 2.39 bits per heavy atom. The number of benzene rings is 5. The first-order valence-corrected chi connectivity index (χ1v) is 12.0. The fraction of sp³-hybridized carbons (Fsp3) is 0.0625. The zero-order chi connectivity index (χ0) is 24.3. The molecule has 6 rings (SSSR count). The Kier molecular flexibility index (Phi) is 5.84. The van der Waals surface area contributed by atoms with Gasteiger partial charge in [0.25, 0.3) is 0 Å². The number of hydrazone groups is 1.